The zero-order valence-corrected chi connectivity index (χ0v) is 13.2. The van der Waals surface area contributed by atoms with Gasteiger partial charge in [0.05, 0.1) is 17.6 Å². The Morgan fingerprint density at radius 1 is 1.09 bits per heavy atom. The molecule has 0 aliphatic carbocycles. The number of nitrogens with zero attached hydrogens (tertiary/aromatic N) is 5. The van der Waals surface area contributed by atoms with Crippen LogP contribution in [0, 0.1) is 5.92 Å². The van der Waals surface area contributed by atoms with E-state index in [-0.39, 0.29) is 0 Å². The van der Waals surface area contributed by atoms with Crippen molar-refractivity contribution in [1.82, 2.24) is 25.1 Å². The normalized spacial score (nSPS) is 21.6. The van der Waals surface area contributed by atoms with E-state index in [4.69, 9.17) is 0 Å². The lowest BCUT2D eigenvalue weighted by Crippen LogP contribution is -2.33. The number of fused-ring (bicyclic) bond motifs is 1. The van der Waals surface area contributed by atoms with Crippen molar-refractivity contribution in [2.75, 3.05) is 31.1 Å². The van der Waals surface area contributed by atoms with E-state index in [1.165, 1.54) is 12.8 Å². The van der Waals surface area contributed by atoms with Crippen LogP contribution in [0.1, 0.15) is 38.6 Å². The molecular weight excluding hydrogens is 276 g/mol. The predicted octanol–water partition coefficient (Wildman–Crippen LogP) is 1.99. The van der Waals surface area contributed by atoms with E-state index in [1.54, 1.807) is 6.33 Å². The summed E-state index contributed by atoms with van der Waals surface area (Å²) in [6, 6.07) is 0.461. The molecule has 4 heterocycles. The molecule has 0 atom stereocenters. The van der Waals surface area contributed by atoms with Gasteiger partial charge < -0.3 is 10.2 Å². The number of anilines is 1. The Hall–Kier alpha value is -1.69. The molecule has 0 saturated carbocycles. The molecule has 0 radical (unpaired) electrons. The summed E-state index contributed by atoms with van der Waals surface area (Å²) in [5.74, 6) is 1.89. The number of hydrogen-bond donors (Lipinski definition) is 1. The number of hydrogen-bond acceptors (Lipinski definition) is 5. The molecule has 0 unspecified atom stereocenters. The third kappa shape index (κ3) is 2.45. The average molecular weight is 300 g/mol. The van der Waals surface area contributed by atoms with Gasteiger partial charge in [-0.2, -0.15) is 5.10 Å². The molecule has 2 aromatic rings. The summed E-state index contributed by atoms with van der Waals surface area (Å²) in [5.41, 5.74) is 0.996. The SMILES string of the molecule is CC1CCN(c2ncnc3c2cnn3C2CCNCC2)CC1. The fourth-order valence-corrected chi connectivity index (χ4v) is 3.64. The van der Waals surface area contributed by atoms with Crippen molar-refractivity contribution in [3.63, 3.8) is 0 Å². The summed E-state index contributed by atoms with van der Waals surface area (Å²) < 4.78 is 2.12. The highest BCUT2D eigenvalue weighted by atomic mass is 15.3. The lowest BCUT2D eigenvalue weighted by Gasteiger charge is -2.31. The molecule has 2 saturated heterocycles. The van der Waals surface area contributed by atoms with E-state index < -0.39 is 0 Å². The molecule has 0 amide bonds. The average Bonchev–Trinajstić information content (AvgIpc) is 3.00. The van der Waals surface area contributed by atoms with Crippen molar-refractivity contribution < 1.29 is 0 Å². The van der Waals surface area contributed by atoms with Gasteiger partial charge in [0.15, 0.2) is 5.65 Å². The molecule has 118 valence electrons. The fraction of sp³-hybridized carbons (Fsp3) is 0.688. The van der Waals surface area contributed by atoms with Crippen molar-refractivity contribution >= 4 is 16.9 Å². The molecule has 1 N–H and O–H groups in total. The van der Waals surface area contributed by atoms with Crippen LogP contribution < -0.4 is 10.2 Å². The van der Waals surface area contributed by atoms with Crippen LogP contribution in [0.3, 0.4) is 0 Å². The summed E-state index contributed by atoms with van der Waals surface area (Å²) >= 11 is 0. The molecule has 2 aliphatic heterocycles. The first-order chi connectivity index (χ1) is 10.8. The van der Waals surface area contributed by atoms with Crippen LogP contribution in [0.2, 0.25) is 0 Å². The molecule has 22 heavy (non-hydrogen) atoms. The molecule has 4 rings (SSSR count). The Morgan fingerprint density at radius 2 is 1.86 bits per heavy atom. The summed E-state index contributed by atoms with van der Waals surface area (Å²) in [6.45, 7) is 6.64. The molecular formula is C16H24N6. The monoisotopic (exact) mass is 300 g/mol. The minimum Gasteiger partial charge on any atom is -0.356 e. The van der Waals surface area contributed by atoms with E-state index in [2.05, 4.69) is 36.9 Å². The lowest BCUT2D eigenvalue weighted by molar-refractivity contribution is 0.349. The Bertz CT molecular complexity index is 637. The number of rotatable bonds is 2. The van der Waals surface area contributed by atoms with Gasteiger partial charge in [-0.15, -0.1) is 0 Å². The molecule has 6 nitrogen and oxygen atoms in total. The first kappa shape index (κ1) is 13.9. The van der Waals surface area contributed by atoms with Crippen LogP contribution in [0.5, 0.6) is 0 Å². The Balaban J connectivity index is 1.67. The highest BCUT2D eigenvalue weighted by Crippen LogP contribution is 2.29. The van der Waals surface area contributed by atoms with Crippen molar-refractivity contribution in [3.05, 3.63) is 12.5 Å². The van der Waals surface area contributed by atoms with Crippen LogP contribution >= 0.6 is 0 Å². The number of nitrogens with one attached hydrogen (secondary N) is 1. The molecule has 0 aromatic carbocycles. The van der Waals surface area contributed by atoms with Crippen LogP contribution in [0.25, 0.3) is 11.0 Å². The number of piperidine rings is 2. The zero-order valence-electron chi connectivity index (χ0n) is 13.2. The quantitative estimate of drug-likeness (QED) is 0.919. The van der Waals surface area contributed by atoms with Gasteiger partial charge in [0.1, 0.15) is 12.1 Å². The third-order valence-electron chi connectivity index (χ3n) is 5.11. The Kier molecular flexibility index (Phi) is 3.70. The Morgan fingerprint density at radius 3 is 2.64 bits per heavy atom. The second kappa shape index (κ2) is 5.83. The van der Waals surface area contributed by atoms with E-state index in [1.807, 2.05) is 6.20 Å². The largest absolute Gasteiger partial charge is 0.356 e. The van der Waals surface area contributed by atoms with Crippen molar-refractivity contribution in [1.29, 1.82) is 0 Å². The molecule has 2 fully saturated rings. The van der Waals surface area contributed by atoms with Crippen molar-refractivity contribution in [2.45, 2.75) is 38.6 Å². The standard InChI is InChI=1S/C16H24N6/c1-12-4-8-21(9-5-12)15-14-10-20-22(16(14)19-11-18-15)13-2-6-17-7-3-13/h10-13,17H,2-9H2,1H3. The maximum absolute atomic E-state index is 4.65. The van der Waals surface area contributed by atoms with Crippen molar-refractivity contribution in [2.24, 2.45) is 5.92 Å². The molecule has 2 aromatic heterocycles. The number of aromatic nitrogens is 4. The second-order valence-corrected chi connectivity index (χ2v) is 6.67. The fourth-order valence-electron chi connectivity index (χ4n) is 3.64. The van der Waals surface area contributed by atoms with Crippen LogP contribution in [0.4, 0.5) is 5.82 Å². The summed E-state index contributed by atoms with van der Waals surface area (Å²) in [4.78, 5) is 11.5. The van der Waals surface area contributed by atoms with E-state index in [0.29, 0.717) is 6.04 Å². The van der Waals surface area contributed by atoms with Gasteiger partial charge in [0.2, 0.25) is 0 Å². The highest BCUT2D eigenvalue weighted by molar-refractivity contribution is 5.86. The van der Waals surface area contributed by atoms with Gasteiger partial charge >= 0.3 is 0 Å². The highest BCUT2D eigenvalue weighted by Gasteiger charge is 2.23. The van der Waals surface area contributed by atoms with Gasteiger partial charge in [-0.1, -0.05) is 6.92 Å². The summed E-state index contributed by atoms with van der Waals surface area (Å²) in [7, 11) is 0. The van der Waals surface area contributed by atoms with E-state index in [9.17, 15) is 0 Å². The van der Waals surface area contributed by atoms with Gasteiger partial charge in [-0.3, -0.25) is 0 Å². The van der Waals surface area contributed by atoms with Crippen LogP contribution in [0.15, 0.2) is 12.5 Å². The first-order valence-corrected chi connectivity index (χ1v) is 8.47. The van der Waals surface area contributed by atoms with Gasteiger partial charge in [0, 0.05) is 13.1 Å². The lowest BCUT2D eigenvalue weighted by atomic mass is 9.99. The second-order valence-electron chi connectivity index (χ2n) is 6.67. The maximum Gasteiger partial charge on any atom is 0.163 e. The zero-order chi connectivity index (χ0) is 14.9. The first-order valence-electron chi connectivity index (χ1n) is 8.47. The van der Waals surface area contributed by atoms with Crippen molar-refractivity contribution in [3.8, 4) is 0 Å². The maximum atomic E-state index is 4.65. The molecule has 0 bridgehead atoms. The van der Waals surface area contributed by atoms with Gasteiger partial charge in [0.25, 0.3) is 0 Å². The van der Waals surface area contributed by atoms with Gasteiger partial charge in [-0.05, 0) is 44.7 Å². The molecule has 6 heteroatoms. The van der Waals surface area contributed by atoms with Crippen LogP contribution in [-0.2, 0) is 0 Å². The molecule has 2 aliphatic rings. The van der Waals surface area contributed by atoms with Crippen LogP contribution in [-0.4, -0.2) is 45.9 Å². The van der Waals surface area contributed by atoms with E-state index in [0.717, 1.165) is 61.8 Å². The predicted molar refractivity (Wildman–Crippen MR) is 87.1 cm³/mol. The minimum absolute atomic E-state index is 0.461. The molecule has 0 spiro atoms. The Labute approximate surface area is 130 Å². The topological polar surface area (TPSA) is 58.9 Å². The minimum atomic E-state index is 0.461. The third-order valence-corrected chi connectivity index (χ3v) is 5.11. The summed E-state index contributed by atoms with van der Waals surface area (Å²) in [6.07, 6.45) is 8.40. The van der Waals surface area contributed by atoms with Gasteiger partial charge in [-0.25, -0.2) is 14.6 Å². The van der Waals surface area contributed by atoms with E-state index >= 15 is 0 Å². The smallest absolute Gasteiger partial charge is 0.163 e. The summed E-state index contributed by atoms with van der Waals surface area (Å²) in [5, 5.41) is 9.17.